The highest BCUT2D eigenvalue weighted by Crippen LogP contribution is 2.35. The van der Waals surface area contributed by atoms with Gasteiger partial charge in [0.1, 0.15) is 6.10 Å². The summed E-state index contributed by atoms with van der Waals surface area (Å²) >= 11 is 0. The Balaban J connectivity index is 1.38. The summed E-state index contributed by atoms with van der Waals surface area (Å²) in [7, 11) is 1.67. The van der Waals surface area contributed by atoms with Gasteiger partial charge in [-0.15, -0.1) is 0 Å². The van der Waals surface area contributed by atoms with Crippen LogP contribution in [-0.4, -0.2) is 49.9 Å². The summed E-state index contributed by atoms with van der Waals surface area (Å²) in [4.78, 5) is 14.2. The number of piperidine rings is 1. The van der Waals surface area contributed by atoms with E-state index in [0.29, 0.717) is 12.7 Å². The lowest BCUT2D eigenvalue weighted by Crippen LogP contribution is -2.42. The minimum absolute atomic E-state index is 0.00159. The lowest BCUT2D eigenvalue weighted by atomic mass is 9.91. The number of hydrogen-bond acceptors (Lipinski definition) is 5. The monoisotopic (exact) mass is 318 g/mol. The first-order chi connectivity index (χ1) is 11.2. The van der Waals surface area contributed by atoms with Crippen LogP contribution in [0.1, 0.15) is 18.4 Å². The SMILES string of the molecule is CNC(=O)[C@H]1C[C@@H]2CCN(Cc3ccc4c(c3)OCO4)C[C@H]2O1. The Morgan fingerprint density at radius 1 is 1.35 bits per heavy atom. The molecule has 1 aromatic carbocycles. The third-order valence-corrected chi connectivity index (χ3v) is 5.02. The quantitative estimate of drug-likeness (QED) is 0.906. The zero-order valence-electron chi connectivity index (χ0n) is 13.3. The van der Waals surface area contributed by atoms with Gasteiger partial charge in [0.15, 0.2) is 11.5 Å². The van der Waals surface area contributed by atoms with Gasteiger partial charge in [-0.1, -0.05) is 6.07 Å². The number of fused-ring (bicyclic) bond motifs is 2. The highest BCUT2D eigenvalue weighted by Gasteiger charge is 2.41. The molecule has 23 heavy (non-hydrogen) atoms. The van der Waals surface area contributed by atoms with Crippen molar-refractivity contribution in [3.8, 4) is 11.5 Å². The molecule has 124 valence electrons. The molecule has 2 saturated heterocycles. The molecule has 0 saturated carbocycles. The highest BCUT2D eigenvalue weighted by molar-refractivity contribution is 5.80. The van der Waals surface area contributed by atoms with Crippen LogP contribution in [0.3, 0.4) is 0 Å². The Morgan fingerprint density at radius 3 is 3.09 bits per heavy atom. The van der Waals surface area contributed by atoms with Gasteiger partial charge in [-0.3, -0.25) is 9.69 Å². The number of nitrogens with zero attached hydrogens (tertiary/aromatic N) is 1. The summed E-state index contributed by atoms with van der Waals surface area (Å²) in [5, 5.41) is 2.69. The van der Waals surface area contributed by atoms with E-state index in [4.69, 9.17) is 14.2 Å². The second-order valence-electron chi connectivity index (χ2n) is 6.48. The van der Waals surface area contributed by atoms with Crippen LogP contribution in [0.5, 0.6) is 11.5 Å². The first-order valence-corrected chi connectivity index (χ1v) is 8.21. The Labute approximate surface area is 135 Å². The molecule has 3 aliphatic heterocycles. The Bertz CT molecular complexity index is 606. The third-order valence-electron chi connectivity index (χ3n) is 5.02. The standard InChI is InChI=1S/C17H22N2O4/c1-18-17(20)15-7-12-4-5-19(9-16(12)23-15)8-11-2-3-13-14(6-11)22-10-21-13/h2-3,6,12,15-16H,4-5,7-10H2,1H3,(H,18,20)/t12-,15+,16+/m0/s1. The predicted octanol–water partition coefficient (Wildman–Crippen LogP) is 1.14. The molecule has 1 aromatic rings. The summed E-state index contributed by atoms with van der Waals surface area (Å²) in [5.74, 6) is 2.15. The van der Waals surface area contributed by atoms with Crippen molar-refractivity contribution in [1.29, 1.82) is 0 Å². The maximum absolute atomic E-state index is 11.8. The van der Waals surface area contributed by atoms with Gasteiger partial charge >= 0.3 is 0 Å². The molecule has 2 fully saturated rings. The Hall–Kier alpha value is -1.79. The van der Waals surface area contributed by atoms with E-state index in [2.05, 4.69) is 22.3 Å². The van der Waals surface area contributed by atoms with Gasteiger partial charge in [0.25, 0.3) is 0 Å². The molecular formula is C17H22N2O4. The molecule has 6 heteroatoms. The summed E-state index contributed by atoms with van der Waals surface area (Å²) in [6.07, 6.45) is 1.82. The van der Waals surface area contributed by atoms with Crippen LogP contribution in [0.4, 0.5) is 0 Å². The largest absolute Gasteiger partial charge is 0.454 e. The van der Waals surface area contributed by atoms with Crippen molar-refractivity contribution in [2.45, 2.75) is 31.6 Å². The molecule has 6 nitrogen and oxygen atoms in total. The number of likely N-dealkylation sites (tertiary alicyclic amines) is 1. The van der Waals surface area contributed by atoms with Gasteiger partial charge in [-0.2, -0.15) is 0 Å². The van der Waals surface area contributed by atoms with Crippen LogP contribution < -0.4 is 14.8 Å². The van der Waals surface area contributed by atoms with Crippen molar-refractivity contribution in [2.24, 2.45) is 5.92 Å². The van der Waals surface area contributed by atoms with Crippen LogP contribution in [0.2, 0.25) is 0 Å². The van der Waals surface area contributed by atoms with E-state index < -0.39 is 0 Å². The number of carbonyl (C=O) groups excluding carboxylic acids is 1. The van der Waals surface area contributed by atoms with Gasteiger partial charge in [0.05, 0.1) is 6.10 Å². The van der Waals surface area contributed by atoms with Crippen LogP contribution in [0.25, 0.3) is 0 Å². The zero-order valence-corrected chi connectivity index (χ0v) is 13.3. The minimum atomic E-state index is -0.277. The summed E-state index contributed by atoms with van der Waals surface area (Å²) in [5.41, 5.74) is 1.22. The lowest BCUT2D eigenvalue weighted by molar-refractivity contribution is -0.132. The van der Waals surface area contributed by atoms with Crippen molar-refractivity contribution in [3.05, 3.63) is 23.8 Å². The van der Waals surface area contributed by atoms with Crippen molar-refractivity contribution in [2.75, 3.05) is 26.9 Å². The van der Waals surface area contributed by atoms with Gasteiger partial charge in [-0.25, -0.2) is 0 Å². The number of hydrogen-bond donors (Lipinski definition) is 1. The second kappa shape index (κ2) is 6.02. The fourth-order valence-corrected chi connectivity index (χ4v) is 3.77. The van der Waals surface area contributed by atoms with E-state index in [9.17, 15) is 4.79 Å². The number of carbonyl (C=O) groups is 1. The number of benzene rings is 1. The smallest absolute Gasteiger partial charge is 0.248 e. The van der Waals surface area contributed by atoms with E-state index in [-0.39, 0.29) is 18.1 Å². The van der Waals surface area contributed by atoms with Crippen LogP contribution in [0, 0.1) is 5.92 Å². The van der Waals surface area contributed by atoms with Crippen molar-refractivity contribution in [1.82, 2.24) is 10.2 Å². The van der Waals surface area contributed by atoms with Gasteiger partial charge in [0, 0.05) is 20.1 Å². The zero-order chi connectivity index (χ0) is 15.8. The molecule has 3 atom stereocenters. The van der Waals surface area contributed by atoms with E-state index >= 15 is 0 Å². The van der Waals surface area contributed by atoms with E-state index in [1.165, 1.54) is 5.56 Å². The Kier molecular flexibility index (Phi) is 3.87. The molecule has 4 rings (SSSR count). The molecule has 0 aliphatic carbocycles. The fourth-order valence-electron chi connectivity index (χ4n) is 3.77. The summed E-state index contributed by atoms with van der Waals surface area (Å²) < 4.78 is 16.8. The average Bonchev–Trinajstić information content (AvgIpc) is 3.19. The molecule has 0 bridgehead atoms. The maximum atomic E-state index is 11.8. The number of nitrogens with one attached hydrogen (secondary N) is 1. The summed E-state index contributed by atoms with van der Waals surface area (Å²) in [6.45, 7) is 3.10. The lowest BCUT2D eigenvalue weighted by Gasteiger charge is -2.34. The van der Waals surface area contributed by atoms with E-state index in [1.807, 2.05) is 6.07 Å². The van der Waals surface area contributed by atoms with Gasteiger partial charge in [0.2, 0.25) is 12.7 Å². The molecule has 0 spiro atoms. The third kappa shape index (κ3) is 2.88. The molecule has 1 N–H and O–H groups in total. The number of rotatable bonds is 3. The first kappa shape index (κ1) is 14.8. The predicted molar refractivity (Wildman–Crippen MR) is 83.3 cm³/mol. The maximum Gasteiger partial charge on any atom is 0.248 e. The fraction of sp³-hybridized carbons (Fsp3) is 0.588. The summed E-state index contributed by atoms with van der Waals surface area (Å²) in [6, 6.07) is 6.11. The molecule has 0 aromatic heterocycles. The molecule has 1 amide bonds. The number of ether oxygens (including phenoxy) is 3. The van der Waals surface area contributed by atoms with Crippen LogP contribution >= 0.6 is 0 Å². The van der Waals surface area contributed by atoms with Gasteiger partial charge in [-0.05, 0) is 43.0 Å². The van der Waals surface area contributed by atoms with Gasteiger partial charge < -0.3 is 19.5 Å². The first-order valence-electron chi connectivity index (χ1n) is 8.21. The Morgan fingerprint density at radius 2 is 2.22 bits per heavy atom. The number of amides is 1. The number of likely N-dealkylation sites (N-methyl/N-ethyl adjacent to an activating group) is 1. The molecule has 0 radical (unpaired) electrons. The normalized spacial score (nSPS) is 29.3. The molecular weight excluding hydrogens is 296 g/mol. The van der Waals surface area contributed by atoms with E-state index in [1.54, 1.807) is 7.05 Å². The average molecular weight is 318 g/mol. The molecule has 3 heterocycles. The van der Waals surface area contributed by atoms with Crippen molar-refractivity contribution < 1.29 is 19.0 Å². The van der Waals surface area contributed by atoms with E-state index in [0.717, 1.165) is 44.0 Å². The molecule has 0 unspecified atom stereocenters. The topological polar surface area (TPSA) is 60.0 Å². The van der Waals surface area contributed by atoms with Crippen molar-refractivity contribution in [3.63, 3.8) is 0 Å². The highest BCUT2D eigenvalue weighted by atomic mass is 16.7. The van der Waals surface area contributed by atoms with Crippen LogP contribution in [-0.2, 0) is 16.1 Å². The minimum Gasteiger partial charge on any atom is -0.454 e. The van der Waals surface area contributed by atoms with Crippen LogP contribution in [0.15, 0.2) is 18.2 Å². The second-order valence-corrected chi connectivity index (χ2v) is 6.48. The van der Waals surface area contributed by atoms with Crippen molar-refractivity contribution >= 4 is 5.91 Å². The molecule has 3 aliphatic rings.